The van der Waals surface area contributed by atoms with Crippen molar-refractivity contribution in [1.82, 2.24) is 13.7 Å². The van der Waals surface area contributed by atoms with Gasteiger partial charge in [-0.2, -0.15) is 0 Å². The van der Waals surface area contributed by atoms with Gasteiger partial charge >= 0.3 is 0 Å². The van der Waals surface area contributed by atoms with Crippen LogP contribution >= 0.6 is 22.7 Å². The van der Waals surface area contributed by atoms with Gasteiger partial charge in [0.2, 0.25) is 0 Å². The van der Waals surface area contributed by atoms with E-state index in [-0.39, 0.29) is 0 Å². The molecule has 0 unspecified atom stereocenters. The predicted molar refractivity (Wildman–Crippen MR) is 393 cm³/mol. The Morgan fingerprint density at radius 3 is 0.989 bits per heavy atom. The Kier molecular flexibility index (Phi) is 11.7. The third-order valence-corrected chi connectivity index (χ3v) is 21.3. The molecule has 3 nitrogen and oxygen atoms in total. The lowest BCUT2D eigenvalue weighted by atomic mass is 9.93. The zero-order valence-electron chi connectivity index (χ0n) is 49.3. The molecule has 0 aliphatic rings. The molecule has 20 rings (SSSR count). The van der Waals surface area contributed by atoms with Gasteiger partial charge in [-0.15, -0.1) is 22.7 Å². The van der Waals surface area contributed by atoms with Crippen molar-refractivity contribution < 1.29 is 0 Å². The normalized spacial score (nSPS) is 12.0. The van der Waals surface area contributed by atoms with Gasteiger partial charge in [0.1, 0.15) is 0 Å². The zero-order chi connectivity index (χ0) is 59.7. The fraction of sp³-hybridized carbons (Fsp3) is 0. The van der Waals surface area contributed by atoms with Crippen molar-refractivity contribution in [2.24, 2.45) is 0 Å². The first-order chi connectivity index (χ1) is 45.1. The molecule has 0 fully saturated rings. The number of fused-ring (bicyclic) bond motifs is 21. The van der Waals surface area contributed by atoms with Gasteiger partial charge in [-0.3, -0.25) is 0 Å². The highest BCUT2D eigenvalue weighted by atomic mass is 32.1. The Morgan fingerprint density at radius 2 is 0.538 bits per heavy atom. The van der Waals surface area contributed by atoms with Gasteiger partial charge in [0.15, 0.2) is 0 Å². The Bertz CT molecular complexity index is 6190. The molecular weight excluding hydrogens is 1140 g/mol. The lowest BCUT2D eigenvalue weighted by Gasteiger charge is -2.13. The van der Waals surface area contributed by atoms with Crippen LogP contribution in [0.5, 0.6) is 0 Å². The van der Waals surface area contributed by atoms with Crippen LogP contribution in [-0.4, -0.2) is 13.7 Å². The van der Waals surface area contributed by atoms with E-state index < -0.39 is 0 Å². The topological polar surface area (TPSA) is 14.8 Å². The highest BCUT2D eigenvalue weighted by Crippen LogP contribution is 2.48. The van der Waals surface area contributed by atoms with Crippen molar-refractivity contribution in [2.45, 2.75) is 0 Å². The standard InChI is InChI=1S/C46H29NS.C40H24N2S/c1-3-11-30(12-4-1)34-27-35(31-13-5-2-6-14-31)29-36(28-34)32-19-22-37(23-20-32)47-42-26-21-33-15-7-8-16-38(33)44(42)41-25-24-40-39-17-9-10-18-43(39)48-46(40)45(41)47;1-2-10-28-25(9-1)17-24-36-38(28)33-23-22-32-31-13-5-8-16-37(31)43-40(32)39(33)42(36)27-20-18-26(19-21-27)41-34-14-6-3-11-29(34)30-12-4-7-15-35(30)41/h1-29H;1-24H. The van der Waals surface area contributed by atoms with Crippen LogP contribution < -0.4 is 0 Å². The van der Waals surface area contributed by atoms with E-state index >= 15 is 0 Å². The minimum Gasteiger partial charge on any atom is -0.309 e. The average molecular weight is 1190 g/mol. The molecule has 15 aromatic carbocycles. The fourth-order valence-electron chi connectivity index (χ4n) is 14.8. The maximum atomic E-state index is 2.49. The maximum absolute atomic E-state index is 2.49. The highest BCUT2D eigenvalue weighted by Gasteiger charge is 2.23. The highest BCUT2D eigenvalue weighted by molar-refractivity contribution is 7.27. The van der Waals surface area contributed by atoms with Gasteiger partial charge in [0.25, 0.3) is 0 Å². The molecular formula is C86H53N3S2. The van der Waals surface area contributed by atoms with Crippen molar-refractivity contribution in [3.05, 3.63) is 322 Å². The summed E-state index contributed by atoms with van der Waals surface area (Å²) in [4.78, 5) is 0. The molecule has 0 radical (unpaired) electrons. The lowest BCUT2D eigenvalue weighted by molar-refractivity contribution is 1.15. The first-order valence-electron chi connectivity index (χ1n) is 31.1. The smallest absolute Gasteiger partial charge is 0.0719 e. The molecule has 91 heavy (non-hydrogen) atoms. The molecule has 20 aromatic rings. The fourth-order valence-corrected chi connectivity index (χ4v) is 17.3. The summed E-state index contributed by atoms with van der Waals surface area (Å²) in [7, 11) is 0. The quantitative estimate of drug-likeness (QED) is 0.158. The summed E-state index contributed by atoms with van der Waals surface area (Å²) in [6, 6.07) is 118. The van der Waals surface area contributed by atoms with Gasteiger partial charge in [0, 0.05) is 80.3 Å². The average Bonchev–Trinajstić information content (AvgIpc) is 1.57. The molecule has 0 aliphatic carbocycles. The van der Waals surface area contributed by atoms with E-state index in [1.165, 1.54) is 178 Å². The monoisotopic (exact) mass is 1190 g/mol. The molecule has 0 atom stereocenters. The third kappa shape index (κ3) is 8.12. The lowest BCUT2D eigenvalue weighted by Crippen LogP contribution is -1.97. The predicted octanol–water partition coefficient (Wildman–Crippen LogP) is 24.7. The van der Waals surface area contributed by atoms with E-state index in [0.717, 1.165) is 0 Å². The number of aromatic nitrogens is 3. The van der Waals surface area contributed by atoms with Crippen LogP contribution in [0.15, 0.2) is 322 Å². The number of rotatable bonds is 6. The van der Waals surface area contributed by atoms with Crippen LogP contribution in [0, 0.1) is 0 Å². The van der Waals surface area contributed by atoms with E-state index in [1.54, 1.807) is 0 Å². The number of para-hydroxylation sites is 2. The van der Waals surface area contributed by atoms with Crippen LogP contribution in [0.4, 0.5) is 0 Å². The Labute approximate surface area is 532 Å². The van der Waals surface area contributed by atoms with Gasteiger partial charge in [-0.25, -0.2) is 0 Å². The largest absolute Gasteiger partial charge is 0.309 e. The third-order valence-electron chi connectivity index (χ3n) is 18.9. The van der Waals surface area contributed by atoms with E-state index in [9.17, 15) is 0 Å². The number of hydrogen-bond donors (Lipinski definition) is 0. The molecule has 0 spiro atoms. The van der Waals surface area contributed by atoms with E-state index in [1.807, 2.05) is 22.7 Å². The summed E-state index contributed by atoms with van der Waals surface area (Å²) in [5.74, 6) is 0. The Hall–Kier alpha value is -11.3. The molecule has 424 valence electrons. The van der Waals surface area contributed by atoms with Crippen molar-refractivity contribution in [3.8, 4) is 50.4 Å². The molecule has 0 saturated heterocycles. The number of benzene rings is 15. The molecule has 5 heteroatoms. The summed E-state index contributed by atoms with van der Waals surface area (Å²) in [6.45, 7) is 0. The SMILES string of the molecule is c1ccc(-c2cc(-c3ccccc3)cc(-c3ccc(-n4c5ccc6ccccc6c5c5ccc6c7ccccc7sc6c54)cc3)c2)cc1.c1ccc2c(c1)ccc1c2c2ccc3c4ccccc4sc3c2n1-c1ccc(-n2c3ccccc3c3ccccc32)cc1. The maximum Gasteiger partial charge on any atom is 0.0719 e. The second-order valence-electron chi connectivity index (χ2n) is 23.9. The summed E-state index contributed by atoms with van der Waals surface area (Å²) in [6.07, 6.45) is 0. The van der Waals surface area contributed by atoms with Gasteiger partial charge in [0.05, 0.1) is 42.5 Å². The van der Waals surface area contributed by atoms with Crippen LogP contribution in [0.1, 0.15) is 0 Å². The summed E-state index contributed by atoms with van der Waals surface area (Å²) < 4.78 is 12.7. The van der Waals surface area contributed by atoms with Crippen molar-refractivity contribution >= 4 is 150 Å². The molecule has 0 saturated carbocycles. The molecule has 0 aliphatic heterocycles. The van der Waals surface area contributed by atoms with E-state index in [0.29, 0.717) is 0 Å². The number of thiophene rings is 2. The van der Waals surface area contributed by atoms with Crippen LogP contribution in [-0.2, 0) is 0 Å². The molecule has 0 bridgehead atoms. The van der Waals surface area contributed by atoms with Gasteiger partial charge in [-0.05, 0) is 146 Å². The first kappa shape index (κ1) is 51.7. The second-order valence-corrected chi connectivity index (χ2v) is 26.0. The molecule has 5 heterocycles. The number of hydrogen-bond acceptors (Lipinski definition) is 2. The number of nitrogens with zero attached hydrogens (tertiary/aromatic N) is 3. The second kappa shape index (κ2) is 20.6. The van der Waals surface area contributed by atoms with Crippen LogP contribution in [0.25, 0.3) is 178 Å². The minimum absolute atomic E-state index is 1.17. The minimum atomic E-state index is 1.17. The molecule has 0 amide bonds. The molecule has 0 N–H and O–H groups in total. The first-order valence-corrected chi connectivity index (χ1v) is 32.8. The Morgan fingerprint density at radius 1 is 0.198 bits per heavy atom. The summed E-state index contributed by atoms with van der Waals surface area (Å²) in [5.41, 5.74) is 18.3. The van der Waals surface area contributed by atoms with Gasteiger partial charge in [-0.1, -0.05) is 231 Å². The Balaban J connectivity index is 0.000000131. The van der Waals surface area contributed by atoms with E-state index in [2.05, 4.69) is 335 Å². The van der Waals surface area contributed by atoms with Crippen molar-refractivity contribution in [1.29, 1.82) is 0 Å². The van der Waals surface area contributed by atoms with Crippen molar-refractivity contribution in [3.63, 3.8) is 0 Å². The van der Waals surface area contributed by atoms with E-state index in [4.69, 9.17) is 0 Å². The van der Waals surface area contributed by atoms with Crippen LogP contribution in [0.2, 0.25) is 0 Å². The zero-order valence-corrected chi connectivity index (χ0v) is 50.9. The van der Waals surface area contributed by atoms with Crippen molar-refractivity contribution in [2.75, 3.05) is 0 Å². The summed E-state index contributed by atoms with van der Waals surface area (Å²) >= 11 is 3.80. The van der Waals surface area contributed by atoms with Crippen LogP contribution in [0.3, 0.4) is 0 Å². The summed E-state index contributed by atoms with van der Waals surface area (Å²) in [5, 5.41) is 18.2. The molecule has 5 aromatic heterocycles. The van der Waals surface area contributed by atoms with Gasteiger partial charge < -0.3 is 13.7 Å².